The molecule has 10 heteroatoms. The lowest BCUT2D eigenvalue weighted by atomic mass is 10.1. The number of carbonyl (C=O) groups is 1. The van der Waals surface area contributed by atoms with Gasteiger partial charge in [0.1, 0.15) is 5.56 Å². The van der Waals surface area contributed by atoms with Gasteiger partial charge in [-0.1, -0.05) is 24.3 Å². The van der Waals surface area contributed by atoms with Crippen molar-refractivity contribution in [1.82, 2.24) is 10.2 Å². The Bertz CT molecular complexity index is 1510. The van der Waals surface area contributed by atoms with Crippen molar-refractivity contribution in [3.63, 3.8) is 0 Å². The van der Waals surface area contributed by atoms with Crippen molar-refractivity contribution in [1.29, 1.82) is 0 Å². The Kier molecular flexibility index (Phi) is 5.93. The minimum absolute atomic E-state index is 0.133. The number of nitrogens with one attached hydrogen (secondary N) is 1. The van der Waals surface area contributed by atoms with Gasteiger partial charge >= 0.3 is 5.63 Å². The number of sulfone groups is 1. The lowest BCUT2D eigenvalue weighted by Gasteiger charge is -2.09. The number of aromatic nitrogens is 2. The molecule has 9 nitrogen and oxygen atoms in total. The molecule has 0 atom stereocenters. The first-order valence-electron chi connectivity index (χ1n) is 9.91. The normalized spacial score (nSPS) is 11.3. The highest BCUT2D eigenvalue weighted by Gasteiger charge is 2.16. The number of hydrogen-bond acceptors (Lipinski definition) is 8. The fraction of sp³-hybridized carbons (Fsp3) is 0.130. The van der Waals surface area contributed by atoms with Gasteiger partial charge in [-0.25, -0.2) is 13.2 Å². The van der Waals surface area contributed by atoms with Gasteiger partial charge < -0.3 is 14.5 Å². The summed E-state index contributed by atoms with van der Waals surface area (Å²) >= 11 is 0. The van der Waals surface area contributed by atoms with Gasteiger partial charge in [-0.05, 0) is 43.3 Å². The number of hydrogen-bond donors (Lipinski definition) is 1. The first kappa shape index (κ1) is 22.2. The quantitative estimate of drug-likeness (QED) is 0.430. The summed E-state index contributed by atoms with van der Waals surface area (Å²) in [6, 6.07) is 16.2. The number of nitrogens with zero attached hydrogens (tertiary/aromatic N) is 2. The van der Waals surface area contributed by atoms with Crippen LogP contribution in [0, 0.1) is 0 Å². The molecule has 1 amide bonds. The highest BCUT2D eigenvalue weighted by molar-refractivity contribution is 7.90. The number of rotatable bonds is 6. The van der Waals surface area contributed by atoms with Crippen LogP contribution < -0.4 is 15.7 Å². The van der Waals surface area contributed by atoms with E-state index >= 15 is 0 Å². The van der Waals surface area contributed by atoms with Crippen molar-refractivity contribution in [2.24, 2.45) is 0 Å². The lowest BCUT2D eigenvalue weighted by molar-refractivity contribution is 0.102. The van der Waals surface area contributed by atoms with E-state index in [-0.39, 0.29) is 16.2 Å². The van der Waals surface area contributed by atoms with Gasteiger partial charge in [0.15, 0.2) is 26.2 Å². The standard InChI is InChI=1S/C23H19N3O6S/c1-3-31-19-9-5-7-15-13-17(23(28)32-21(15)19)22(27)24-16-8-4-6-14(12-16)18-10-11-20(26-25-18)33(2,29)30/h4-13H,3H2,1-2H3,(H,24,27). The first-order chi connectivity index (χ1) is 15.8. The number of para-hydroxylation sites is 1. The molecule has 0 saturated heterocycles. The molecule has 0 aliphatic rings. The monoisotopic (exact) mass is 465 g/mol. The zero-order valence-corrected chi connectivity index (χ0v) is 18.5. The predicted octanol–water partition coefficient (Wildman–Crippen LogP) is 3.30. The molecular formula is C23H19N3O6S. The number of ether oxygens (including phenoxy) is 1. The van der Waals surface area contributed by atoms with E-state index in [1.807, 2.05) is 6.92 Å². The molecular weight excluding hydrogens is 446 g/mol. The summed E-state index contributed by atoms with van der Waals surface area (Å²) in [5.74, 6) is -0.210. The molecule has 2 heterocycles. The second kappa shape index (κ2) is 8.83. The van der Waals surface area contributed by atoms with E-state index in [0.717, 1.165) is 6.26 Å². The maximum Gasteiger partial charge on any atom is 0.349 e. The van der Waals surface area contributed by atoms with Gasteiger partial charge in [0.25, 0.3) is 5.91 Å². The van der Waals surface area contributed by atoms with Gasteiger partial charge in [-0.3, -0.25) is 4.79 Å². The maximum atomic E-state index is 12.8. The van der Waals surface area contributed by atoms with Crippen LogP contribution in [-0.2, 0) is 9.84 Å². The van der Waals surface area contributed by atoms with Crippen LogP contribution in [0.2, 0.25) is 0 Å². The SMILES string of the molecule is CCOc1cccc2cc(C(=O)Nc3cccc(-c4ccc(S(C)(=O)=O)nn4)c3)c(=O)oc12. The summed E-state index contributed by atoms with van der Waals surface area (Å²) in [5.41, 5.74) is 0.775. The fourth-order valence-corrected chi connectivity index (χ4v) is 3.68. The highest BCUT2D eigenvalue weighted by Crippen LogP contribution is 2.26. The number of amides is 1. The number of carbonyl (C=O) groups excluding carboxylic acids is 1. The second-order valence-electron chi connectivity index (χ2n) is 7.12. The second-order valence-corrected chi connectivity index (χ2v) is 9.08. The average molecular weight is 465 g/mol. The Labute approximate surface area is 189 Å². The van der Waals surface area contributed by atoms with Gasteiger partial charge in [0.05, 0.1) is 12.3 Å². The molecule has 0 fully saturated rings. The molecule has 0 spiro atoms. The maximum absolute atomic E-state index is 12.8. The van der Waals surface area contributed by atoms with E-state index in [1.165, 1.54) is 18.2 Å². The van der Waals surface area contributed by atoms with Crippen molar-refractivity contribution < 1.29 is 22.4 Å². The molecule has 0 radical (unpaired) electrons. The highest BCUT2D eigenvalue weighted by atomic mass is 32.2. The molecule has 0 saturated carbocycles. The summed E-state index contributed by atoms with van der Waals surface area (Å²) < 4.78 is 34.0. The zero-order valence-electron chi connectivity index (χ0n) is 17.7. The Morgan fingerprint density at radius 1 is 1.06 bits per heavy atom. The van der Waals surface area contributed by atoms with E-state index in [1.54, 1.807) is 42.5 Å². The third-order valence-corrected chi connectivity index (χ3v) is 5.68. The lowest BCUT2D eigenvalue weighted by Crippen LogP contribution is -2.20. The molecule has 2 aromatic carbocycles. The van der Waals surface area contributed by atoms with E-state index in [9.17, 15) is 18.0 Å². The van der Waals surface area contributed by atoms with Crippen LogP contribution in [-0.4, -0.2) is 37.4 Å². The van der Waals surface area contributed by atoms with Crippen molar-refractivity contribution in [2.75, 3.05) is 18.2 Å². The molecule has 0 aliphatic carbocycles. The topological polar surface area (TPSA) is 128 Å². The van der Waals surface area contributed by atoms with Crippen molar-refractivity contribution in [3.05, 3.63) is 76.6 Å². The van der Waals surface area contributed by atoms with Crippen LogP contribution in [0.25, 0.3) is 22.2 Å². The molecule has 4 rings (SSSR count). The van der Waals surface area contributed by atoms with Crippen LogP contribution in [0.15, 0.2) is 74.9 Å². The molecule has 0 aliphatic heterocycles. The molecule has 0 unspecified atom stereocenters. The zero-order chi connectivity index (χ0) is 23.6. The number of benzene rings is 2. The van der Waals surface area contributed by atoms with Crippen LogP contribution >= 0.6 is 0 Å². The molecule has 0 bridgehead atoms. The van der Waals surface area contributed by atoms with Crippen molar-refractivity contribution in [2.45, 2.75) is 11.9 Å². The first-order valence-corrected chi connectivity index (χ1v) is 11.8. The predicted molar refractivity (Wildman–Crippen MR) is 122 cm³/mol. The minimum atomic E-state index is -3.46. The molecule has 168 valence electrons. The van der Waals surface area contributed by atoms with Crippen LogP contribution in [0.5, 0.6) is 5.75 Å². The molecule has 2 aromatic heterocycles. The summed E-state index contributed by atoms with van der Waals surface area (Å²) in [7, 11) is -3.46. The van der Waals surface area contributed by atoms with Gasteiger partial charge in [0.2, 0.25) is 0 Å². The fourth-order valence-electron chi connectivity index (χ4n) is 3.17. The van der Waals surface area contributed by atoms with Crippen LogP contribution in [0.4, 0.5) is 5.69 Å². The van der Waals surface area contributed by atoms with Gasteiger partial charge in [0, 0.05) is 22.9 Å². The van der Waals surface area contributed by atoms with E-state index in [2.05, 4.69) is 15.5 Å². The van der Waals surface area contributed by atoms with Gasteiger partial charge in [-0.15, -0.1) is 10.2 Å². The minimum Gasteiger partial charge on any atom is -0.490 e. The third-order valence-electron chi connectivity index (χ3n) is 4.70. The van der Waals surface area contributed by atoms with E-state index in [0.29, 0.717) is 34.7 Å². The van der Waals surface area contributed by atoms with E-state index < -0.39 is 21.4 Å². The van der Waals surface area contributed by atoms with Crippen LogP contribution in [0.1, 0.15) is 17.3 Å². The molecule has 33 heavy (non-hydrogen) atoms. The number of anilines is 1. The Morgan fingerprint density at radius 2 is 1.85 bits per heavy atom. The van der Waals surface area contributed by atoms with Crippen molar-refractivity contribution in [3.8, 4) is 17.0 Å². The number of fused-ring (bicyclic) bond motifs is 1. The van der Waals surface area contributed by atoms with Crippen molar-refractivity contribution >= 4 is 32.4 Å². The Hall–Kier alpha value is -4.05. The Morgan fingerprint density at radius 3 is 2.55 bits per heavy atom. The van der Waals surface area contributed by atoms with Crippen LogP contribution in [0.3, 0.4) is 0 Å². The van der Waals surface area contributed by atoms with E-state index in [4.69, 9.17) is 9.15 Å². The largest absolute Gasteiger partial charge is 0.490 e. The average Bonchev–Trinajstić information content (AvgIpc) is 2.79. The summed E-state index contributed by atoms with van der Waals surface area (Å²) in [5, 5.41) is 10.8. The molecule has 1 N–H and O–H groups in total. The van der Waals surface area contributed by atoms with Gasteiger partial charge in [-0.2, -0.15) is 0 Å². The summed E-state index contributed by atoms with van der Waals surface area (Å²) in [4.78, 5) is 25.3. The summed E-state index contributed by atoms with van der Waals surface area (Å²) in [6.07, 6.45) is 1.05. The molecule has 4 aromatic rings. The summed E-state index contributed by atoms with van der Waals surface area (Å²) in [6.45, 7) is 2.22. The Balaban J connectivity index is 1.61. The third kappa shape index (κ3) is 4.75. The smallest absolute Gasteiger partial charge is 0.349 e.